The molecule has 15 nitrogen and oxygen atoms in total. The Morgan fingerprint density at radius 3 is 1.53 bits per heavy atom. The van der Waals surface area contributed by atoms with Crippen LogP contribution in [0.4, 0.5) is 46.7 Å². The zero-order chi connectivity index (χ0) is 46.8. The Balaban J connectivity index is 1.21. The number of carbonyl (C=O) groups is 5. The van der Waals surface area contributed by atoms with Crippen LogP contribution in [0.25, 0.3) is 0 Å². The van der Waals surface area contributed by atoms with Crippen molar-refractivity contribution in [3.05, 3.63) is 151 Å². The largest absolute Gasteiger partial charge is 0.497 e. The number of methoxy groups -OCH3 is 1. The number of hydrogen-bond donors (Lipinski definition) is 6. The van der Waals surface area contributed by atoms with Gasteiger partial charge in [0.2, 0.25) is 0 Å². The van der Waals surface area contributed by atoms with Crippen molar-refractivity contribution in [2.24, 2.45) is 0 Å². The van der Waals surface area contributed by atoms with E-state index in [2.05, 4.69) is 31.9 Å². The quantitative estimate of drug-likeness (QED) is 0.0356. The van der Waals surface area contributed by atoms with Crippen LogP contribution in [-0.2, 0) is 6.42 Å². The first-order valence-corrected chi connectivity index (χ1v) is 22.5. The first kappa shape index (κ1) is 49.5. The summed E-state index contributed by atoms with van der Waals surface area (Å²) in [5.74, 6) is 0.777. The van der Waals surface area contributed by atoms with Crippen molar-refractivity contribution in [2.75, 3.05) is 68.1 Å². The number of nitrogens with zero attached hydrogens (tertiary/aromatic N) is 3. The average Bonchev–Trinajstić information content (AvgIpc) is 3.33. The third kappa shape index (κ3) is 17.9. The van der Waals surface area contributed by atoms with Crippen molar-refractivity contribution in [3.63, 3.8) is 0 Å². The molecule has 0 fully saturated rings. The molecule has 5 aromatic rings. The van der Waals surface area contributed by atoms with E-state index >= 15 is 0 Å². The number of ether oxygens (including phenoxy) is 1. The number of carbonyl (C=O) groups excluding carboxylic acids is 5. The SMILES string of the molecule is COc1ccc(CCN(CCCCCCN(C(=O)Nc2ccccc2)[C@H](CCCCN(C)C(=O)Nc2ccccc2)CNC(=O)NC(=O)Nc2ccccc2)C(=O)Nc2ccccc2)cc1. The molecule has 0 bridgehead atoms. The fourth-order valence-electron chi connectivity index (χ4n) is 7.18. The maximum atomic E-state index is 14.1. The van der Waals surface area contributed by atoms with Gasteiger partial charge in [-0.2, -0.15) is 0 Å². The molecule has 0 radical (unpaired) electrons. The predicted molar refractivity (Wildman–Crippen MR) is 262 cm³/mol. The second-order valence-electron chi connectivity index (χ2n) is 15.8. The number of imide groups is 1. The Morgan fingerprint density at radius 2 is 0.985 bits per heavy atom. The maximum absolute atomic E-state index is 14.1. The van der Waals surface area contributed by atoms with E-state index in [4.69, 9.17) is 4.74 Å². The fraction of sp³-hybridized carbons (Fsp3) is 0.314. The van der Waals surface area contributed by atoms with Crippen molar-refractivity contribution < 1.29 is 28.7 Å². The highest BCUT2D eigenvalue weighted by Crippen LogP contribution is 2.18. The number of anilines is 4. The van der Waals surface area contributed by atoms with Gasteiger partial charge < -0.3 is 46.0 Å². The number of benzene rings is 5. The van der Waals surface area contributed by atoms with E-state index in [1.165, 1.54) is 0 Å². The van der Waals surface area contributed by atoms with E-state index in [9.17, 15) is 24.0 Å². The minimum atomic E-state index is -0.706. The molecule has 348 valence electrons. The lowest BCUT2D eigenvalue weighted by Crippen LogP contribution is -2.51. The number of nitrogens with one attached hydrogen (secondary N) is 6. The van der Waals surface area contributed by atoms with Gasteiger partial charge in [-0.3, -0.25) is 5.32 Å². The van der Waals surface area contributed by atoms with Crippen LogP contribution >= 0.6 is 0 Å². The monoisotopic (exact) mass is 897 g/mol. The van der Waals surface area contributed by atoms with Gasteiger partial charge in [0.25, 0.3) is 0 Å². The van der Waals surface area contributed by atoms with E-state index in [0.29, 0.717) is 75.3 Å². The van der Waals surface area contributed by atoms with Gasteiger partial charge in [0.1, 0.15) is 5.75 Å². The first-order chi connectivity index (χ1) is 32.2. The van der Waals surface area contributed by atoms with Gasteiger partial charge in [0, 0.05) is 62.5 Å². The van der Waals surface area contributed by atoms with Gasteiger partial charge in [-0.05, 0) is 105 Å². The Labute approximate surface area is 388 Å². The molecule has 15 heteroatoms. The molecule has 6 N–H and O–H groups in total. The fourth-order valence-corrected chi connectivity index (χ4v) is 7.18. The van der Waals surface area contributed by atoms with Crippen molar-refractivity contribution in [3.8, 4) is 5.75 Å². The number of amides is 10. The molecule has 0 aromatic heterocycles. The van der Waals surface area contributed by atoms with Gasteiger partial charge in [0.05, 0.1) is 13.2 Å². The molecule has 1 atom stereocenters. The van der Waals surface area contributed by atoms with Gasteiger partial charge in [-0.25, -0.2) is 24.0 Å². The van der Waals surface area contributed by atoms with Gasteiger partial charge in [0.15, 0.2) is 0 Å². The van der Waals surface area contributed by atoms with Crippen molar-refractivity contribution >= 4 is 52.9 Å². The van der Waals surface area contributed by atoms with E-state index in [-0.39, 0.29) is 24.6 Å². The number of unbranched alkanes of at least 4 members (excludes halogenated alkanes) is 4. The standard InChI is InChI=1S/C51H63N9O6/c1-58(49(63)54-42-23-11-6-12-24-42)35-20-17-29-45(39-52-47(61)57-48(62)53-41-21-9-5-10-22-41)60(51(65)56-44-27-15-8-16-28-44)37-19-4-3-18-36-59(50(64)55-43-25-13-7-14-26-43)38-34-40-30-32-46(66-2)33-31-40/h5-16,21-28,30-33,45H,3-4,17-20,29,34-39H2,1-2H3,(H,54,63)(H,55,64)(H,56,65)(H3,52,53,57,61,62)/t45-/m1/s1. The summed E-state index contributed by atoms with van der Waals surface area (Å²) in [5, 5.41) is 16.7. The molecule has 5 aromatic carbocycles. The third-order valence-corrected chi connectivity index (χ3v) is 10.9. The van der Waals surface area contributed by atoms with Gasteiger partial charge >= 0.3 is 30.2 Å². The summed E-state index contributed by atoms with van der Waals surface area (Å²) in [6.45, 7) is 2.00. The molecule has 0 spiro atoms. The van der Waals surface area contributed by atoms with Crippen LogP contribution < -0.4 is 36.6 Å². The summed E-state index contributed by atoms with van der Waals surface area (Å²) in [7, 11) is 3.37. The minimum Gasteiger partial charge on any atom is -0.497 e. The van der Waals surface area contributed by atoms with Crippen LogP contribution in [0, 0.1) is 0 Å². The number of urea groups is 5. The Bertz CT molecular complexity index is 2220. The maximum Gasteiger partial charge on any atom is 0.327 e. The molecule has 0 saturated carbocycles. The lowest BCUT2D eigenvalue weighted by Gasteiger charge is -2.32. The smallest absolute Gasteiger partial charge is 0.327 e. The molecular formula is C51H63N9O6. The Hall–Kier alpha value is -7.55. The molecule has 66 heavy (non-hydrogen) atoms. The van der Waals surface area contributed by atoms with Crippen molar-refractivity contribution in [2.45, 2.75) is 57.4 Å². The highest BCUT2D eigenvalue weighted by molar-refractivity contribution is 6.00. The summed E-state index contributed by atoms with van der Waals surface area (Å²) < 4.78 is 5.31. The van der Waals surface area contributed by atoms with E-state index < -0.39 is 18.1 Å². The number of hydrogen-bond acceptors (Lipinski definition) is 6. The number of rotatable bonds is 23. The van der Waals surface area contributed by atoms with E-state index in [0.717, 1.165) is 36.3 Å². The summed E-state index contributed by atoms with van der Waals surface area (Å²) in [6, 6.07) is 41.9. The molecule has 0 aliphatic heterocycles. The lowest BCUT2D eigenvalue weighted by atomic mass is 10.1. The predicted octanol–water partition coefficient (Wildman–Crippen LogP) is 10.1. The van der Waals surface area contributed by atoms with Crippen LogP contribution in [0.5, 0.6) is 5.75 Å². The summed E-state index contributed by atoms with van der Waals surface area (Å²) in [6.07, 6.45) is 5.47. The average molecular weight is 898 g/mol. The van der Waals surface area contributed by atoms with Crippen molar-refractivity contribution in [1.82, 2.24) is 25.3 Å². The lowest BCUT2D eigenvalue weighted by molar-refractivity contribution is 0.176. The highest BCUT2D eigenvalue weighted by atomic mass is 16.5. The van der Waals surface area contributed by atoms with Crippen LogP contribution in [-0.4, -0.2) is 97.8 Å². The molecule has 0 unspecified atom stereocenters. The molecule has 0 saturated heterocycles. The normalized spacial score (nSPS) is 11.0. The molecular weight excluding hydrogens is 835 g/mol. The van der Waals surface area contributed by atoms with Crippen molar-refractivity contribution in [1.29, 1.82) is 0 Å². The number of para-hydroxylation sites is 4. The van der Waals surface area contributed by atoms with Gasteiger partial charge in [-0.1, -0.05) is 97.8 Å². The van der Waals surface area contributed by atoms with Gasteiger partial charge in [-0.15, -0.1) is 0 Å². The zero-order valence-electron chi connectivity index (χ0n) is 37.9. The first-order valence-electron chi connectivity index (χ1n) is 22.5. The second-order valence-corrected chi connectivity index (χ2v) is 15.8. The summed E-state index contributed by atoms with van der Waals surface area (Å²) >= 11 is 0. The highest BCUT2D eigenvalue weighted by Gasteiger charge is 2.25. The van der Waals surface area contributed by atoms with Crippen LogP contribution in [0.3, 0.4) is 0 Å². The molecule has 10 amide bonds. The summed E-state index contributed by atoms with van der Waals surface area (Å²) in [5.41, 5.74) is 3.68. The molecule has 5 rings (SSSR count). The molecule has 0 aliphatic rings. The van der Waals surface area contributed by atoms with Crippen LogP contribution in [0.2, 0.25) is 0 Å². The zero-order valence-corrected chi connectivity index (χ0v) is 37.9. The Morgan fingerprint density at radius 1 is 0.500 bits per heavy atom. The van der Waals surface area contributed by atoms with E-state index in [1.807, 2.05) is 126 Å². The topological polar surface area (TPSA) is 176 Å². The molecule has 0 heterocycles. The van der Waals surface area contributed by atoms with Crippen LogP contribution in [0.15, 0.2) is 146 Å². The Kier molecular flexibility index (Phi) is 20.7. The third-order valence-electron chi connectivity index (χ3n) is 10.9. The molecule has 0 aliphatic carbocycles. The van der Waals surface area contributed by atoms with Crippen LogP contribution in [0.1, 0.15) is 50.5 Å². The van der Waals surface area contributed by atoms with E-state index in [1.54, 1.807) is 48.2 Å². The second kappa shape index (κ2) is 27.6. The minimum absolute atomic E-state index is 0.0661. The summed E-state index contributed by atoms with van der Waals surface area (Å²) in [4.78, 5) is 71.5.